The first kappa shape index (κ1) is 14.8. The van der Waals surface area contributed by atoms with Crippen molar-refractivity contribution < 1.29 is 9.66 Å². The molecule has 3 rings (SSSR count). The fourth-order valence-electron chi connectivity index (χ4n) is 3.19. The number of thiocarbonyl (C=S) groups is 1. The van der Waals surface area contributed by atoms with Crippen LogP contribution in [0.2, 0.25) is 0 Å². The van der Waals surface area contributed by atoms with E-state index in [9.17, 15) is 10.1 Å². The number of nitro benzene ring substituents is 1. The lowest BCUT2D eigenvalue weighted by molar-refractivity contribution is -0.385. The highest BCUT2D eigenvalue weighted by Crippen LogP contribution is 2.48. The van der Waals surface area contributed by atoms with Crippen molar-refractivity contribution in [1.82, 2.24) is 10.2 Å². The summed E-state index contributed by atoms with van der Waals surface area (Å²) >= 11 is 5.44. The molecule has 2 heterocycles. The summed E-state index contributed by atoms with van der Waals surface area (Å²) in [5.74, 6) is 0.717. The molecule has 0 aromatic heterocycles. The summed E-state index contributed by atoms with van der Waals surface area (Å²) in [5, 5.41) is 14.9. The van der Waals surface area contributed by atoms with E-state index in [1.165, 1.54) is 6.07 Å². The molecule has 0 spiro atoms. The number of non-ortho nitro benzene ring substituents is 1. The Hall–Kier alpha value is -2.15. The van der Waals surface area contributed by atoms with Crippen molar-refractivity contribution in [3.63, 3.8) is 0 Å². The maximum Gasteiger partial charge on any atom is 0.270 e. The molecule has 2 bridgehead atoms. The van der Waals surface area contributed by atoms with Crippen molar-refractivity contribution in [2.45, 2.75) is 25.6 Å². The number of ether oxygens (including phenoxy) is 1. The number of nitro groups is 1. The first-order valence-corrected chi connectivity index (χ1v) is 7.45. The highest BCUT2D eigenvalue weighted by atomic mass is 32.1. The van der Waals surface area contributed by atoms with Gasteiger partial charge in [-0.05, 0) is 25.2 Å². The van der Waals surface area contributed by atoms with E-state index in [-0.39, 0.29) is 17.6 Å². The van der Waals surface area contributed by atoms with Crippen LogP contribution >= 0.6 is 12.2 Å². The molecule has 0 aliphatic carbocycles. The largest absolute Gasteiger partial charge is 0.467 e. The van der Waals surface area contributed by atoms with Crippen LogP contribution in [0.15, 0.2) is 30.9 Å². The Kier molecular flexibility index (Phi) is 3.32. The number of hydrogen-bond acceptors (Lipinski definition) is 4. The summed E-state index contributed by atoms with van der Waals surface area (Å²) in [4.78, 5) is 12.6. The molecule has 0 unspecified atom stereocenters. The molecule has 1 aromatic carbocycles. The molecular weight excluding hydrogens is 302 g/mol. The van der Waals surface area contributed by atoms with Crippen molar-refractivity contribution in [3.05, 3.63) is 46.5 Å². The molecule has 6 nitrogen and oxygen atoms in total. The Bertz CT molecular complexity index is 678. The van der Waals surface area contributed by atoms with Crippen LogP contribution in [0.3, 0.4) is 0 Å². The predicted octanol–water partition coefficient (Wildman–Crippen LogP) is 2.76. The maximum atomic E-state index is 11.0. The number of nitrogens with zero attached hydrogens (tertiary/aromatic N) is 2. The van der Waals surface area contributed by atoms with Gasteiger partial charge >= 0.3 is 0 Å². The quantitative estimate of drug-likeness (QED) is 0.400. The maximum absolute atomic E-state index is 11.0. The molecule has 0 saturated carbocycles. The molecule has 1 saturated heterocycles. The minimum atomic E-state index is -0.607. The van der Waals surface area contributed by atoms with Gasteiger partial charge in [0.25, 0.3) is 5.69 Å². The molecule has 2 aliphatic rings. The van der Waals surface area contributed by atoms with Crippen LogP contribution in [0, 0.1) is 16.0 Å². The van der Waals surface area contributed by atoms with Gasteiger partial charge in [0.1, 0.15) is 5.75 Å². The molecule has 2 aliphatic heterocycles. The third kappa shape index (κ3) is 1.96. The Morgan fingerprint density at radius 1 is 1.64 bits per heavy atom. The van der Waals surface area contributed by atoms with E-state index in [2.05, 4.69) is 18.8 Å². The summed E-state index contributed by atoms with van der Waals surface area (Å²) in [6, 6.07) is 4.58. The average molecular weight is 319 g/mol. The highest BCUT2D eigenvalue weighted by Gasteiger charge is 2.53. The van der Waals surface area contributed by atoms with Crippen molar-refractivity contribution in [1.29, 1.82) is 0 Å². The van der Waals surface area contributed by atoms with Gasteiger partial charge in [-0.2, -0.15) is 0 Å². The van der Waals surface area contributed by atoms with Crippen molar-refractivity contribution in [2.75, 3.05) is 6.54 Å². The Balaban J connectivity index is 2.11. The van der Waals surface area contributed by atoms with Crippen LogP contribution in [0.25, 0.3) is 0 Å². The zero-order chi connectivity index (χ0) is 16.1. The Morgan fingerprint density at radius 2 is 2.36 bits per heavy atom. The minimum absolute atomic E-state index is 0.0550. The highest BCUT2D eigenvalue weighted by molar-refractivity contribution is 7.80. The van der Waals surface area contributed by atoms with Crippen LogP contribution < -0.4 is 10.1 Å². The average Bonchev–Trinajstić information content (AvgIpc) is 2.47. The normalized spacial score (nSPS) is 29.2. The molecule has 22 heavy (non-hydrogen) atoms. The molecule has 1 aromatic rings. The van der Waals surface area contributed by atoms with Crippen LogP contribution in [0.5, 0.6) is 5.75 Å². The minimum Gasteiger partial charge on any atom is -0.467 e. The van der Waals surface area contributed by atoms with E-state index in [1.807, 2.05) is 11.8 Å². The third-order valence-corrected chi connectivity index (χ3v) is 4.91. The summed E-state index contributed by atoms with van der Waals surface area (Å²) in [7, 11) is 0. The van der Waals surface area contributed by atoms with E-state index >= 15 is 0 Å². The lowest BCUT2D eigenvalue weighted by Crippen LogP contribution is -2.68. The molecular formula is C15H17N3O3S. The second-order valence-corrected chi connectivity index (χ2v) is 6.14. The van der Waals surface area contributed by atoms with Gasteiger partial charge in [0.15, 0.2) is 10.8 Å². The molecule has 0 amide bonds. The van der Waals surface area contributed by atoms with Crippen LogP contribution in [-0.2, 0) is 0 Å². The predicted molar refractivity (Wildman–Crippen MR) is 86.7 cm³/mol. The van der Waals surface area contributed by atoms with Crippen LogP contribution in [0.4, 0.5) is 5.69 Å². The van der Waals surface area contributed by atoms with E-state index in [0.717, 1.165) is 5.56 Å². The van der Waals surface area contributed by atoms with E-state index in [4.69, 9.17) is 17.0 Å². The number of hydrogen-bond donors (Lipinski definition) is 1. The fraction of sp³-hybridized carbons (Fsp3) is 0.400. The van der Waals surface area contributed by atoms with Gasteiger partial charge in [-0.3, -0.25) is 10.1 Å². The van der Waals surface area contributed by atoms with Gasteiger partial charge in [0.05, 0.1) is 11.0 Å². The summed E-state index contributed by atoms with van der Waals surface area (Å²) in [6.45, 7) is 8.38. The molecule has 1 N–H and O–H groups in total. The lowest BCUT2D eigenvalue weighted by Gasteiger charge is -2.55. The zero-order valence-corrected chi connectivity index (χ0v) is 13.2. The molecule has 1 fully saturated rings. The second kappa shape index (κ2) is 4.95. The van der Waals surface area contributed by atoms with Gasteiger partial charge in [-0.1, -0.05) is 13.0 Å². The van der Waals surface area contributed by atoms with Gasteiger partial charge in [-0.15, -0.1) is 6.58 Å². The SMILES string of the molecule is C=CCN1C(=S)N[C@H]2c3cc([N+](=O)[O-])ccc3O[C@@]1(C)[C@H]2C. The molecule has 116 valence electrons. The van der Waals surface area contributed by atoms with E-state index in [1.54, 1.807) is 18.2 Å². The van der Waals surface area contributed by atoms with Crippen molar-refractivity contribution >= 4 is 23.0 Å². The lowest BCUT2D eigenvalue weighted by atomic mass is 9.81. The first-order chi connectivity index (χ1) is 10.4. The summed E-state index contributed by atoms with van der Waals surface area (Å²) < 4.78 is 6.20. The van der Waals surface area contributed by atoms with Gasteiger partial charge in [0, 0.05) is 30.2 Å². The van der Waals surface area contributed by atoms with Crippen molar-refractivity contribution in [3.8, 4) is 5.75 Å². The smallest absolute Gasteiger partial charge is 0.270 e. The monoisotopic (exact) mass is 319 g/mol. The summed E-state index contributed by atoms with van der Waals surface area (Å²) in [6.07, 6.45) is 1.78. The van der Waals surface area contributed by atoms with Crippen LogP contribution in [0.1, 0.15) is 25.5 Å². The Morgan fingerprint density at radius 3 is 3.00 bits per heavy atom. The van der Waals surface area contributed by atoms with Crippen LogP contribution in [-0.4, -0.2) is 27.2 Å². The number of rotatable bonds is 3. The molecule has 3 atom stereocenters. The van der Waals surface area contributed by atoms with Crippen molar-refractivity contribution in [2.24, 2.45) is 5.92 Å². The fourth-order valence-corrected chi connectivity index (χ4v) is 3.57. The first-order valence-electron chi connectivity index (χ1n) is 7.05. The molecule has 7 heteroatoms. The number of benzene rings is 1. The summed E-state index contributed by atoms with van der Waals surface area (Å²) in [5.41, 5.74) is 0.226. The number of nitrogens with one attached hydrogen (secondary N) is 1. The topological polar surface area (TPSA) is 67.6 Å². The third-order valence-electron chi connectivity index (χ3n) is 4.57. The molecule has 0 radical (unpaired) electrons. The standard InChI is InChI=1S/C15H17N3O3S/c1-4-7-17-14(22)16-13-9(2)15(17,3)21-12-6-5-10(18(19)20)8-11(12)13/h4-6,8-9,13H,1,7H2,2-3H3,(H,16,22)/t9-,13+,15-/m0/s1. The van der Waals surface area contributed by atoms with Gasteiger partial charge in [0.2, 0.25) is 0 Å². The van der Waals surface area contributed by atoms with Gasteiger partial charge in [-0.25, -0.2) is 0 Å². The van der Waals surface area contributed by atoms with Gasteiger partial charge < -0.3 is 15.0 Å². The second-order valence-electron chi connectivity index (χ2n) is 5.75. The van der Waals surface area contributed by atoms with E-state index in [0.29, 0.717) is 17.4 Å². The zero-order valence-electron chi connectivity index (χ0n) is 12.4. The van der Waals surface area contributed by atoms with E-state index < -0.39 is 10.6 Å². The Labute approximate surface area is 133 Å². The number of fused-ring (bicyclic) bond motifs is 4.